The third-order valence-electron chi connectivity index (χ3n) is 9.67. The van der Waals surface area contributed by atoms with Gasteiger partial charge < -0.3 is 0 Å². The molecule has 1 aromatic rings. The highest BCUT2D eigenvalue weighted by atomic mass is 19.1. The van der Waals surface area contributed by atoms with Crippen LogP contribution in [0.2, 0.25) is 0 Å². The molecule has 1 aromatic carbocycles. The summed E-state index contributed by atoms with van der Waals surface area (Å²) in [4.78, 5) is 0. The highest BCUT2D eigenvalue weighted by Gasteiger charge is 2.39. The van der Waals surface area contributed by atoms with E-state index in [0.717, 1.165) is 48.0 Å². The first-order chi connectivity index (χ1) is 15.6. The molecule has 0 radical (unpaired) electrons. The maximum absolute atomic E-state index is 14.3. The predicted octanol–water partition coefficient (Wildman–Crippen LogP) is 9.60. The lowest BCUT2D eigenvalue weighted by molar-refractivity contribution is 0.0709. The van der Waals surface area contributed by atoms with Gasteiger partial charge in [0.15, 0.2) is 0 Å². The molecule has 32 heavy (non-hydrogen) atoms. The number of benzene rings is 1. The van der Waals surface area contributed by atoms with E-state index in [1.165, 1.54) is 83.5 Å². The second kappa shape index (κ2) is 11.5. The van der Waals surface area contributed by atoms with Gasteiger partial charge in [-0.25, -0.2) is 8.78 Å². The van der Waals surface area contributed by atoms with E-state index in [4.69, 9.17) is 0 Å². The normalized spacial score (nSPS) is 33.1. The van der Waals surface area contributed by atoms with Crippen LogP contribution >= 0.6 is 0 Å². The van der Waals surface area contributed by atoms with Gasteiger partial charge in [0, 0.05) is 5.56 Å². The minimum absolute atomic E-state index is 0.249. The first kappa shape index (κ1) is 24.2. The van der Waals surface area contributed by atoms with E-state index in [9.17, 15) is 8.78 Å². The van der Waals surface area contributed by atoms with Crippen molar-refractivity contribution in [1.82, 2.24) is 0 Å². The van der Waals surface area contributed by atoms with E-state index in [2.05, 4.69) is 6.92 Å². The Balaban J connectivity index is 1.25. The van der Waals surface area contributed by atoms with Crippen molar-refractivity contribution in [3.8, 4) is 0 Å². The average Bonchev–Trinajstić information content (AvgIpc) is 2.81. The summed E-state index contributed by atoms with van der Waals surface area (Å²) < 4.78 is 28.7. The van der Waals surface area contributed by atoms with Crippen molar-refractivity contribution in [1.29, 1.82) is 0 Å². The van der Waals surface area contributed by atoms with Gasteiger partial charge in [-0.3, -0.25) is 0 Å². The smallest absolute Gasteiger partial charge is 0.129 e. The van der Waals surface area contributed by atoms with Gasteiger partial charge in [-0.05, 0) is 111 Å². The lowest BCUT2D eigenvalue weighted by Gasteiger charge is -2.45. The van der Waals surface area contributed by atoms with Crippen LogP contribution in [-0.2, 0) is 6.42 Å². The van der Waals surface area contributed by atoms with Crippen molar-refractivity contribution in [2.75, 3.05) is 0 Å². The standard InChI is InChI=1S/C30H46F2/c1-3-5-6-7-8-21-9-11-22(12-10-21)23-13-14-25-18-26(16-15-24(25)17-23)27-19-29(31)28(4-2)30(32)20-27/h19-26H,3-18H2,1-2H3. The molecule has 0 amide bonds. The van der Waals surface area contributed by atoms with Gasteiger partial charge >= 0.3 is 0 Å². The lowest BCUT2D eigenvalue weighted by Crippen LogP contribution is -2.34. The van der Waals surface area contributed by atoms with Crippen LogP contribution in [0.15, 0.2) is 12.1 Å². The summed E-state index contributed by atoms with van der Waals surface area (Å²) in [5.74, 6) is 4.25. The van der Waals surface area contributed by atoms with Crippen molar-refractivity contribution in [2.24, 2.45) is 29.6 Å². The van der Waals surface area contributed by atoms with Gasteiger partial charge in [-0.1, -0.05) is 58.8 Å². The Hall–Kier alpha value is -0.920. The Kier molecular flexibility index (Phi) is 8.68. The van der Waals surface area contributed by atoms with Gasteiger partial charge in [-0.2, -0.15) is 0 Å². The zero-order chi connectivity index (χ0) is 22.5. The van der Waals surface area contributed by atoms with Crippen LogP contribution in [0, 0.1) is 41.2 Å². The van der Waals surface area contributed by atoms with E-state index in [1.54, 1.807) is 12.1 Å². The van der Waals surface area contributed by atoms with Crippen LogP contribution < -0.4 is 0 Å². The first-order valence-corrected chi connectivity index (χ1v) is 14.1. The number of hydrogen-bond acceptors (Lipinski definition) is 0. The van der Waals surface area contributed by atoms with Gasteiger partial charge in [0.25, 0.3) is 0 Å². The lowest BCUT2D eigenvalue weighted by atomic mass is 9.60. The third kappa shape index (κ3) is 5.76. The minimum Gasteiger partial charge on any atom is -0.207 e. The molecule has 0 bridgehead atoms. The molecule has 0 aromatic heterocycles. The molecule has 3 aliphatic rings. The van der Waals surface area contributed by atoms with Crippen LogP contribution in [0.25, 0.3) is 0 Å². The van der Waals surface area contributed by atoms with Crippen LogP contribution in [-0.4, -0.2) is 0 Å². The van der Waals surface area contributed by atoms with E-state index in [-0.39, 0.29) is 17.2 Å². The summed E-state index contributed by atoms with van der Waals surface area (Å²) in [7, 11) is 0. The fourth-order valence-corrected chi connectivity index (χ4v) is 7.66. The van der Waals surface area contributed by atoms with Crippen LogP contribution in [0.1, 0.15) is 127 Å². The minimum atomic E-state index is -0.339. The van der Waals surface area contributed by atoms with Crippen LogP contribution in [0.3, 0.4) is 0 Å². The molecule has 0 N–H and O–H groups in total. The highest BCUT2D eigenvalue weighted by molar-refractivity contribution is 5.29. The molecular weight excluding hydrogens is 398 g/mol. The summed E-state index contributed by atoms with van der Waals surface area (Å²) in [5, 5.41) is 0. The average molecular weight is 445 g/mol. The van der Waals surface area contributed by atoms with Crippen molar-refractivity contribution in [2.45, 2.75) is 122 Å². The van der Waals surface area contributed by atoms with Crippen molar-refractivity contribution < 1.29 is 8.78 Å². The summed E-state index contributed by atoms with van der Waals surface area (Å²) in [6.07, 6.45) is 21.2. The molecule has 180 valence electrons. The molecule has 0 aliphatic heterocycles. The topological polar surface area (TPSA) is 0 Å². The van der Waals surface area contributed by atoms with Crippen LogP contribution in [0.5, 0.6) is 0 Å². The van der Waals surface area contributed by atoms with E-state index in [1.807, 2.05) is 6.92 Å². The molecule has 4 rings (SSSR count). The zero-order valence-corrected chi connectivity index (χ0v) is 20.7. The largest absolute Gasteiger partial charge is 0.207 e. The number of halogens is 2. The van der Waals surface area contributed by atoms with E-state index < -0.39 is 0 Å². The van der Waals surface area contributed by atoms with Gasteiger partial charge in [0.2, 0.25) is 0 Å². The Morgan fingerprint density at radius 3 is 1.94 bits per heavy atom. The molecule has 0 spiro atoms. The number of unbranched alkanes of at least 4 members (excludes halogenated alkanes) is 3. The molecule has 3 saturated carbocycles. The Morgan fingerprint density at radius 2 is 1.28 bits per heavy atom. The second-order valence-corrected chi connectivity index (χ2v) is 11.6. The molecular formula is C30H46F2. The number of rotatable bonds is 8. The van der Waals surface area contributed by atoms with Crippen molar-refractivity contribution in [3.63, 3.8) is 0 Å². The maximum Gasteiger partial charge on any atom is 0.129 e. The monoisotopic (exact) mass is 444 g/mol. The van der Waals surface area contributed by atoms with Gasteiger partial charge in [0.1, 0.15) is 11.6 Å². The van der Waals surface area contributed by atoms with E-state index in [0.29, 0.717) is 12.3 Å². The quantitative estimate of drug-likeness (QED) is 0.350. The summed E-state index contributed by atoms with van der Waals surface area (Å²) >= 11 is 0. The molecule has 3 fully saturated rings. The number of hydrogen-bond donors (Lipinski definition) is 0. The fraction of sp³-hybridized carbons (Fsp3) is 0.800. The summed E-state index contributed by atoms with van der Waals surface area (Å²) in [6, 6.07) is 3.28. The highest BCUT2D eigenvalue weighted by Crippen LogP contribution is 2.51. The molecule has 4 unspecified atom stereocenters. The third-order valence-corrected chi connectivity index (χ3v) is 9.67. The molecule has 0 heterocycles. The SMILES string of the molecule is CCCCCCC1CCC(C2CCC3CC(c4cc(F)c(CC)c(F)c4)CCC3C2)CC1. The van der Waals surface area contributed by atoms with Gasteiger partial charge in [-0.15, -0.1) is 0 Å². The fourth-order valence-electron chi connectivity index (χ4n) is 7.66. The molecule has 3 aliphatic carbocycles. The second-order valence-electron chi connectivity index (χ2n) is 11.6. The summed E-state index contributed by atoms with van der Waals surface area (Å²) in [5.41, 5.74) is 1.16. The first-order valence-electron chi connectivity index (χ1n) is 14.1. The molecule has 0 nitrogen and oxygen atoms in total. The molecule has 2 heteroatoms. The zero-order valence-electron chi connectivity index (χ0n) is 20.7. The van der Waals surface area contributed by atoms with E-state index >= 15 is 0 Å². The van der Waals surface area contributed by atoms with Gasteiger partial charge in [0.05, 0.1) is 0 Å². The predicted molar refractivity (Wildman–Crippen MR) is 131 cm³/mol. The maximum atomic E-state index is 14.3. The Morgan fingerprint density at radius 1 is 0.688 bits per heavy atom. The Bertz CT molecular complexity index is 695. The number of fused-ring (bicyclic) bond motifs is 1. The van der Waals surface area contributed by atoms with Crippen molar-refractivity contribution in [3.05, 3.63) is 34.9 Å². The Labute approximate surface area is 196 Å². The molecule has 4 atom stereocenters. The van der Waals surface area contributed by atoms with Crippen LogP contribution in [0.4, 0.5) is 8.78 Å². The summed E-state index contributed by atoms with van der Waals surface area (Å²) in [6.45, 7) is 4.13. The van der Waals surface area contributed by atoms with Crippen molar-refractivity contribution >= 4 is 0 Å². The molecule has 0 saturated heterocycles.